The summed E-state index contributed by atoms with van der Waals surface area (Å²) >= 11 is 6.44. The van der Waals surface area contributed by atoms with Crippen molar-refractivity contribution in [1.82, 2.24) is 5.32 Å². The molecule has 168 valence electrons. The van der Waals surface area contributed by atoms with Crippen molar-refractivity contribution in [3.05, 3.63) is 58.6 Å². The molecular weight excluding hydrogens is 422 g/mol. The molecule has 4 bridgehead atoms. The van der Waals surface area contributed by atoms with Crippen molar-refractivity contribution >= 4 is 23.5 Å². The second-order valence-electron chi connectivity index (χ2n) is 10.2. The number of hydrogen-bond acceptors (Lipinski definition) is 3. The molecule has 0 saturated heterocycles. The van der Waals surface area contributed by atoms with Gasteiger partial charge in [-0.05, 0) is 90.5 Å². The van der Waals surface area contributed by atoms with Crippen LogP contribution >= 0.6 is 11.6 Å². The lowest BCUT2D eigenvalue weighted by Gasteiger charge is -2.56. The van der Waals surface area contributed by atoms with Gasteiger partial charge in [-0.1, -0.05) is 41.9 Å². The molecule has 5 heteroatoms. The van der Waals surface area contributed by atoms with E-state index in [0.717, 1.165) is 41.0 Å². The third-order valence-corrected chi connectivity index (χ3v) is 8.22. The topological polar surface area (TPSA) is 55.4 Å². The fraction of sp³-hybridized carbons (Fsp3) is 0.481. The molecular formula is C27H30ClNO3. The molecule has 4 aliphatic rings. The van der Waals surface area contributed by atoms with Crippen molar-refractivity contribution in [1.29, 1.82) is 0 Å². The number of benzene rings is 2. The van der Waals surface area contributed by atoms with Gasteiger partial charge in [0, 0.05) is 6.54 Å². The van der Waals surface area contributed by atoms with Gasteiger partial charge in [0.05, 0.1) is 24.1 Å². The third-order valence-electron chi connectivity index (χ3n) is 7.89. The smallest absolute Gasteiger partial charge is 0.309 e. The van der Waals surface area contributed by atoms with E-state index in [1.807, 2.05) is 36.4 Å². The van der Waals surface area contributed by atoms with Crippen LogP contribution in [0.3, 0.4) is 0 Å². The normalized spacial score (nSPS) is 27.9. The summed E-state index contributed by atoms with van der Waals surface area (Å²) in [4.78, 5) is 25.0. The second kappa shape index (κ2) is 8.55. The Morgan fingerprint density at radius 3 is 2.34 bits per heavy atom. The first kappa shape index (κ1) is 21.5. The van der Waals surface area contributed by atoms with Crippen LogP contribution in [0.4, 0.5) is 0 Å². The number of halogens is 1. The van der Waals surface area contributed by atoms with Gasteiger partial charge in [-0.25, -0.2) is 0 Å². The standard InChI is InChI=1S/C27H30ClNO3/c1-32-25(30)12-20-4-2-3-5-22(20)21-6-7-24(28)23(11-21)26(31)29-16-27-13-17-8-18(14-27)10-19(9-17)15-27/h2-7,11,17-19H,8-10,12-16H2,1H3,(H,29,31). The highest BCUT2D eigenvalue weighted by molar-refractivity contribution is 6.34. The highest BCUT2D eigenvalue weighted by Gasteiger charge is 2.50. The Bertz CT molecular complexity index is 1010. The van der Waals surface area contributed by atoms with Crippen molar-refractivity contribution in [3.8, 4) is 11.1 Å². The molecule has 6 rings (SSSR count). The van der Waals surface area contributed by atoms with Crippen LogP contribution < -0.4 is 5.32 Å². The van der Waals surface area contributed by atoms with E-state index in [1.54, 1.807) is 6.07 Å². The number of rotatable bonds is 6. The maximum Gasteiger partial charge on any atom is 0.309 e. The summed E-state index contributed by atoms with van der Waals surface area (Å²) in [5.41, 5.74) is 3.41. The van der Waals surface area contributed by atoms with Crippen molar-refractivity contribution in [2.45, 2.75) is 44.9 Å². The Morgan fingerprint density at radius 2 is 1.69 bits per heavy atom. The molecule has 4 saturated carbocycles. The molecule has 0 aromatic heterocycles. The maximum atomic E-state index is 13.2. The van der Waals surface area contributed by atoms with Gasteiger partial charge in [-0.15, -0.1) is 0 Å². The third kappa shape index (κ3) is 4.17. The minimum absolute atomic E-state index is 0.113. The number of carbonyl (C=O) groups excluding carboxylic acids is 2. The van der Waals surface area contributed by atoms with E-state index in [0.29, 0.717) is 10.6 Å². The Hall–Kier alpha value is -2.33. The predicted molar refractivity (Wildman–Crippen MR) is 126 cm³/mol. The summed E-state index contributed by atoms with van der Waals surface area (Å²) < 4.78 is 4.83. The zero-order valence-corrected chi connectivity index (χ0v) is 19.3. The molecule has 4 nitrogen and oxygen atoms in total. The number of esters is 1. The number of nitrogens with one attached hydrogen (secondary N) is 1. The molecule has 4 fully saturated rings. The first-order valence-corrected chi connectivity index (χ1v) is 12.1. The molecule has 4 aliphatic carbocycles. The molecule has 2 aromatic carbocycles. The lowest BCUT2D eigenvalue weighted by Crippen LogP contribution is -2.51. The fourth-order valence-corrected chi connectivity index (χ4v) is 7.12. The van der Waals surface area contributed by atoms with E-state index in [2.05, 4.69) is 5.32 Å². The van der Waals surface area contributed by atoms with Gasteiger partial charge in [-0.3, -0.25) is 9.59 Å². The summed E-state index contributed by atoms with van der Waals surface area (Å²) in [6.45, 7) is 0.745. The first-order valence-electron chi connectivity index (χ1n) is 11.7. The van der Waals surface area contributed by atoms with Gasteiger partial charge in [0.15, 0.2) is 0 Å². The quantitative estimate of drug-likeness (QED) is 0.576. The van der Waals surface area contributed by atoms with Gasteiger partial charge in [0.2, 0.25) is 0 Å². The van der Waals surface area contributed by atoms with Gasteiger partial charge in [-0.2, -0.15) is 0 Å². The molecule has 0 unspecified atom stereocenters. The van der Waals surface area contributed by atoms with Crippen molar-refractivity contribution in [2.75, 3.05) is 13.7 Å². The van der Waals surface area contributed by atoms with Crippen LogP contribution in [-0.4, -0.2) is 25.5 Å². The van der Waals surface area contributed by atoms with Crippen molar-refractivity contribution in [3.63, 3.8) is 0 Å². The minimum atomic E-state index is -0.292. The van der Waals surface area contributed by atoms with E-state index < -0.39 is 0 Å². The van der Waals surface area contributed by atoms with E-state index in [9.17, 15) is 9.59 Å². The fourth-order valence-electron chi connectivity index (χ4n) is 6.92. The number of hydrogen-bond donors (Lipinski definition) is 1. The number of amides is 1. The number of ether oxygens (including phenoxy) is 1. The van der Waals surface area contributed by atoms with E-state index >= 15 is 0 Å². The molecule has 1 N–H and O–H groups in total. The SMILES string of the molecule is COC(=O)Cc1ccccc1-c1ccc(Cl)c(C(=O)NCC23CC4CC(CC(C4)C2)C3)c1. The predicted octanol–water partition coefficient (Wildman–Crippen LogP) is 5.67. The number of methoxy groups -OCH3 is 1. The zero-order chi connectivity index (χ0) is 22.3. The first-order chi connectivity index (χ1) is 15.4. The highest BCUT2D eigenvalue weighted by Crippen LogP contribution is 2.59. The van der Waals surface area contributed by atoms with Crippen LogP contribution in [0, 0.1) is 23.2 Å². The monoisotopic (exact) mass is 451 g/mol. The second-order valence-corrected chi connectivity index (χ2v) is 10.6. The Balaban J connectivity index is 1.35. The van der Waals surface area contributed by atoms with Crippen molar-refractivity contribution in [2.24, 2.45) is 23.2 Å². The molecule has 32 heavy (non-hydrogen) atoms. The molecule has 0 spiro atoms. The summed E-state index contributed by atoms with van der Waals surface area (Å²) in [7, 11) is 1.39. The lowest BCUT2D eigenvalue weighted by atomic mass is 9.49. The highest BCUT2D eigenvalue weighted by atomic mass is 35.5. The Kier molecular flexibility index (Phi) is 5.75. The van der Waals surface area contributed by atoms with Gasteiger partial charge in [0.1, 0.15) is 0 Å². The summed E-state index contributed by atoms with van der Waals surface area (Å²) in [5.74, 6) is 2.17. The lowest BCUT2D eigenvalue weighted by molar-refractivity contribution is -0.139. The summed E-state index contributed by atoms with van der Waals surface area (Å²) in [5, 5.41) is 3.68. The molecule has 0 aliphatic heterocycles. The van der Waals surface area contributed by atoms with Crippen LogP contribution in [0.25, 0.3) is 11.1 Å². The molecule has 1 amide bonds. The zero-order valence-electron chi connectivity index (χ0n) is 18.5. The average Bonchev–Trinajstić information content (AvgIpc) is 2.77. The Morgan fingerprint density at radius 1 is 1.03 bits per heavy atom. The van der Waals surface area contributed by atoms with Gasteiger partial charge >= 0.3 is 5.97 Å². The average molecular weight is 452 g/mol. The van der Waals surface area contributed by atoms with Crippen LogP contribution in [0.1, 0.15) is 54.4 Å². The Labute approximate surface area is 194 Å². The minimum Gasteiger partial charge on any atom is -0.469 e. The summed E-state index contributed by atoms with van der Waals surface area (Å²) in [6, 6.07) is 13.2. The van der Waals surface area contributed by atoms with E-state index in [-0.39, 0.29) is 23.7 Å². The largest absolute Gasteiger partial charge is 0.469 e. The molecule has 0 radical (unpaired) electrons. The van der Waals surface area contributed by atoms with E-state index in [1.165, 1.54) is 45.6 Å². The maximum absolute atomic E-state index is 13.2. The molecule has 0 atom stereocenters. The molecule has 2 aromatic rings. The van der Waals surface area contributed by atoms with Crippen molar-refractivity contribution < 1.29 is 14.3 Å². The van der Waals surface area contributed by atoms with Crippen LogP contribution in [0.2, 0.25) is 5.02 Å². The van der Waals surface area contributed by atoms with Gasteiger partial charge < -0.3 is 10.1 Å². The van der Waals surface area contributed by atoms with Crippen LogP contribution in [-0.2, 0) is 16.0 Å². The molecule has 0 heterocycles. The number of carbonyl (C=O) groups is 2. The summed E-state index contributed by atoms with van der Waals surface area (Å²) in [6.07, 6.45) is 8.14. The van der Waals surface area contributed by atoms with Crippen LogP contribution in [0.5, 0.6) is 0 Å². The van der Waals surface area contributed by atoms with E-state index in [4.69, 9.17) is 16.3 Å². The van der Waals surface area contributed by atoms with Gasteiger partial charge in [0.25, 0.3) is 5.91 Å². The van der Waals surface area contributed by atoms with Crippen LogP contribution in [0.15, 0.2) is 42.5 Å².